The minimum atomic E-state index is -0.533. The molecule has 2 heterocycles. The van der Waals surface area contributed by atoms with Gasteiger partial charge in [-0.15, -0.1) is 0 Å². The van der Waals surface area contributed by atoms with Gasteiger partial charge in [-0.3, -0.25) is 14.6 Å². The Labute approximate surface area is 184 Å². The minimum Gasteiger partial charge on any atom is -0.456 e. The molecule has 4 rings (SSSR count). The van der Waals surface area contributed by atoms with E-state index in [1.165, 1.54) is 0 Å². The van der Waals surface area contributed by atoms with Crippen molar-refractivity contribution in [1.82, 2.24) is 15.1 Å². The first-order chi connectivity index (χ1) is 15.7. The van der Waals surface area contributed by atoms with E-state index in [9.17, 15) is 9.59 Å². The van der Waals surface area contributed by atoms with Crippen molar-refractivity contribution in [3.05, 3.63) is 84.9 Å². The molecule has 0 bridgehead atoms. The summed E-state index contributed by atoms with van der Waals surface area (Å²) in [5, 5.41) is 6.65. The second-order valence-corrected chi connectivity index (χ2v) is 6.85. The van der Waals surface area contributed by atoms with Crippen LogP contribution in [0.5, 0.6) is 0 Å². The molecule has 0 aliphatic heterocycles. The Bertz CT molecular complexity index is 1190. The van der Waals surface area contributed by atoms with E-state index in [2.05, 4.69) is 20.4 Å². The van der Waals surface area contributed by atoms with Crippen molar-refractivity contribution >= 4 is 17.6 Å². The van der Waals surface area contributed by atoms with Gasteiger partial charge in [0.05, 0.1) is 6.42 Å². The zero-order valence-corrected chi connectivity index (χ0v) is 17.1. The van der Waals surface area contributed by atoms with Crippen LogP contribution in [0.4, 0.5) is 5.69 Å². The summed E-state index contributed by atoms with van der Waals surface area (Å²) in [6.07, 6.45) is 1.85. The summed E-state index contributed by atoms with van der Waals surface area (Å²) in [5.41, 5.74) is 3.09. The fourth-order valence-corrected chi connectivity index (χ4v) is 3.03. The number of aromatic nitrogens is 3. The number of benzene rings is 2. The highest BCUT2D eigenvalue weighted by molar-refractivity contribution is 5.96. The van der Waals surface area contributed by atoms with E-state index in [1.807, 2.05) is 54.6 Å². The Balaban J connectivity index is 1.26. The maximum absolute atomic E-state index is 12.3. The van der Waals surface area contributed by atoms with Crippen LogP contribution in [-0.4, -0.2) is 33.6 Å². The summed E-state index contributed by atoms with van der Waals surface area (Å²) in [4.78, 5) is 32.7. The lowest BCUT2D eigenvalue weighted by molar-refractivity contribution is -0.147. The summed E-state index contributed by atoms with van der Waals surface area (Å²) < 4.78 is 10.2. The van der Waals surface area contributed by atoms with Gasteiger partial charge in [0, 0.05) is 23.9 Å². The summed E-state index contributed by atoms with van der Waals surface area (Å²) in [6, 6.07) is 22.5. The molecule has 0 saturated carbocycles. The summed E-state index contributed by atoms with van der Waals surface area (Å²) in [6.45, 7) is -0.384. The number of anilines is 1. The normalized spacial score (nSPS) is 10.5. The van der Waals surface area contributed by atoms with E-state index >= 15 is 0 Å². The third-order valence-corrected chi connectivity index (χ3v) is 4.56. The van der Waals surface area contributed by atoms with E-state index in [0.717, 1.165) is 11.1 Å². The zero-order chi connectivity index (χ0) is 22.2. The van der Waals surface area contributed by atoms with Crippen molar-refractivity contribution < 1.29 is 18.8 Å². The monoisotopic (exact) mass is 428 g/mol. The predicted molar refractivity (Wildman–Crippen MR) is 117 cm³/mol. The Morgan fingerprint density at radius 3 is 2.53 bits per heavy atom. The van der Waals surface area contributed by atoms with Gasteiger partial charge in [0.25, 0.3) is 5.91 Å². The molecular weight excluding hydrogens is 408 g/mol. The molecule has 0 aliphatic rings. The van der Waals surface area contributed by atoms with Gasteiger partial charge in [-0.2, -0.15) is 4.98 Å². The number of carbonyl (C=O) groups excluding carboxylic acids is 2. The first-order valence-corrected chi connectivity index (χ1v) is 10.0. The maximum Gasteiger partial charge on any atom is 0.306 e. The van der Waals surface area contributed by atoms with Crippen molar-refractivity contribution in [2.24, 2.45) is 0 Å². The molecule has 8 nitrogen and oxygen atoms in total. The number of rotatable bonds is 8. The Morgan fingerprint density at radius 2 is 1.72 bits per heavy atom. The van der Waals surface area contributed by atoms with Crippen LogP contribution < -0.4 is 5.32 Å². The molecule has 8 heteroatoms. The smallest absolute Gasteiger partial charge is 0.306 e. The molecule has 1 N–H and O–H groups in total. The number of para-hydroxylation sites is 1. The molecular formula is C24H20N4O4. The average molecular weight is 428 g/mol. The fraction of sp³-hybridized carbons (Fsp3) is 0.125. The molecule has 0 aliphatic carbocycles. The van der Waals surface area contributed by atoms with Crippen LogP contribution in [0.1, 0.15) is 12.3 Å². The second-order valence-electron chi connectivity index (χ2n) is 6.85. The molecule has 0 unspecified atom stereocenters. The molecule has 0 atom stereocenters. The molecule has 1 amide bonds. The number of ether oxygens (including phenoxy) is 1. The molecule has 2 aromatic heterocycles. The Hall–Kier alpha value is -4.33. The summed E-state index contributed by atoms with van der Waals surface area (Å²) >= 11 is 0. The highest BCUT2D eigenvalue weighted by Crippen LogP contribution is 2.27. The number of amides is 1. The number of nitrogens with zero attached hydrogens (tertiary/aromatic N) is 3. The predicted octanol–water partition coefficient (Wildman–Crippen LogP) is 3.91. The van der Waals surface area contributed by atoms with E-state index in [1.54, 1.807) is 24.4 Å². The lowest BCUT2D eigenvalue weighted by Crippen LogP contribution is -2.21. The fourth-order valence-electron chi connectivity index (χ4n) is 3.03. The third kappa shape index (κ3) is 5.42. The van der Waals surface area contributed by atoms with Crippen LogP contribution >= 0.6 is 0 Å². The van der Waals surface area contributed by atoms with Crippen molar-refractivity contribution in [2.75, 3.05) is 11.9 Å². The molecule has 32 heavy (non-hydrogen) atoms. The van der Waals surface area contributed by atoms with Gasteiger partial charge in [-0.05, 0) is 23.8 Å². The third-order valence-electron chi connectivity index (χ3n) is 4.56. The molecule has 0 spiro atoms. The van der Waals surface area contributed by atoms with Gasteiger partial charge in [0.1, 0.15) is 5.69 Å². The molecule has 0 radical (unpaired) electrons. The quantitative estimate of drug-likeness (QED) is 0.424. The number of nitrogens with one attached hydrogen (secondary N) is 1. The van der Waals surface area contributed by atoms with Crippen LogP contribution in [-0.2, 0) is 20.7 Å². The molecule has 0 fully saturated rings. The van der Waals surface area contributed by atoms with Crippen molar-refractivity contribution in [1.29, 1.82) is 0 Å². The van der Waals surface area contributed by atoms with Crippen molar-refractivity contribution in [2.45, 2.75) is 12.8 Å². The molecule has 2 aromatic carbocycles. The topological polar surface area (TPSA) is 107 Å². The number of aryl methyl sites for hydroxylation is 1. The SMILES string of the molecule is O=C(COC(=O)CCc1nc(-c2ccccn2)no1)Nc1ccccc1-c1ccccc1. The number of hydrogen-bond acceptors (Lipinski definition) is 7. The number of pyridine rings is 1. The standard InChI is InChI=1S/C24H20N4O4/c29-21(26-19-11-5-4-10-18(19)17-8-2-1-3-9-17)16-31-23(30)14-13-22-27-24(28-32-22)20-12-6-7-15-25-20/h1-12,15H,13-14,16H2,(H,26,29). The van der Waals surface area contributed by atoms with Gasteiger partial charge in [-0.25, -0.2) is 0 Å². The van der Waals surface area contributed by atoms with Crippen LogP contribution in [0.25, 0.3) is 22.6 Å². The van der Waals surface area contributed by atoms with Gasteiger partial charge in [0.2, 0.25) is 11.7 Å². The summed E-state index contributed by atoms with van der Waals surface area (Å²) in [7, 11) is 0. The van der Waals surface area contributed by atoms with Crippen molar-refractivity contribution in [3.63, 3.8) is 0 Å². The first kappa shape index (κ1) is 20.9. The minimum absolute atomic E-state index is 0.0116. The van der Waals surface area contributed by atoms with Crippen LogP contribution in [0.3, 0.4) is 0 Å². The molecule has 160 valence electrons. The molecule has 4 aromatic rings. The van der Waals surface area contributed by atoms with Gasteiger partial charge in [-0.1, -0.05) is 59.8 Å². The molecule has 0 saturated heterocycles. The highest BCUT2D eigenvalue weighted by Gasteiger charge is 2.14. The van der Waals surface area contributed by atoms with E-state index < -0.39 is 11.9 Å². The number of carbonyl (C=O) groups is 2. The highest BCUT2D eigenvalue weighted by atomic mass is 16.5. The van der Waals surface area contributed by atoms with Crippen LogP contribution in [0.2, 0.25) is 0 Å². The second kappa shape index (κ2) is 10.1. The Morgan fingerprint density at radius 1 is 0.938 bits per heavy atom. The van der Waals surface area contributed by atoms with Gasteiger partial charge >= 0.3 is 5.97 Å². The maximum atomic E-state index is 12.3. The van der Waals surface area contributed by atoms with Crippen LogP contribution in [0.15, 0.2) is 83.5 Å². The number of hydrogen-bond donors (Lipinski definition) is 1. The zero-order valence-electron chi connectivity index (χ0n) is 17.1. The lowest BCUT2D eigenvalue weighted by atomic mass is 10.0. The largest absolute Gasteiger partial charge is 0.456 e. The van der Waals surface area contributed by atoms with Gasteiger partial charge in [0.15, 0.2) is 6.61 Å². The Kier molecular flexibility index (Phi) is 6.62. The van der Waals surface area contributed by atoms with Gasteiger partial charge < -0.3 is 14.6 Å². The van der Waals surface area contributed by atoms with E-state index in [0.29, 0.717) is 23.1 Å². The lowest BCUT2D eigenvalue weighted by Gasteiger charge is -2.11. The summed E-state index contributed by atoms with van der Waals surface area (Å²) in [5.74, 6) is -0.305. The van der Waals surface area contributed by atoms with Crippen LogP contribution in [0, 0.1) is 0 Å². The van der Waals surface area contributed by atoms with Crippen molar-refractivity contribution in [3.8, 4) is 22.6 Å². The average Bonchev–Trinajstić information content (AvgIpc) is 3.32. The number of esters is 1. The van der Waals surface area contributed by atoms with E-state index in [-0.39, 0.29) is 19.4 Å². The first-order valence-electron chi connectivity index (χ1n) is 10.0. The van der Waals surface area contributed by atoms with E-state index in [4.69, 9.17) is 9.26 Å².